The summed E-state index contributed by atoms with van der Waals surface area (Å²) in [6.07, 6.45) is 0. The van der Waals surface area contributed by atoms with E-state index in [4.69, 9.17) is 0 Å². The molecule has 1 spiro atoms. The molecule has 0 radical (unpaired) electrons. The summed E-state index contributed by atoms with van der Waals surface area (Å²) in [6, 6.07) is 89.7. The van der Waals surface area contributed by atoms with Crippen molar-refractivity contribution in [3.05, 3.63) is 265 Å². The SMILES string of the molecule is c1ccc(-c2ccc(-c3ccccc3N(c3cc4c5c(c3)c3ccccc3n5-c3ccccc3C43c4ccccc4-c4ccccc43)c3ccccc3-c3ccccc3)cc2)cc1. The third-order valence-corrected chi connectivity index (χ3v) is 13.6. The van der Waals surface area contributed by atoms with Crippen molar-refractivity contribution < 1.29 is 0 Å². The minimum absolute atomic E-state index is 0.570. The highest BCUT2D eigenvalue weighted by atomic mass is 15.1. The smallest absolute Gasteiger partial charge is 0.0755 e. The van der Waals surface area contributed by atoms with Crippen LogP contribution in [0.5, 0.6) is 0 Å². The van der Waals surface area contributed by atoms with Gasteiger partial charge in [-0.05, 0) is 92.0 Å². The van der Waals surface area contributed by atoms with Crippen LogP contribution in [0.1, 0.15) is 22.3 Å². The van der Waals surface area contributed by atoms with Crippen LogP contribution in [0, 0.1) is 0 Å². The maximum Gasteiger partial charge on any atom is 0.0755 e. The van der Waals surface area contributed by atoms with Crippen molar-refractivity contribution in [2.24, 2.45) is 0 Å². The molecule has 0 fully saturated rings. The molecule has 2 nitrogen and oxygen atoms in total. The number of rotatable bonds is 6. The number of aromatic nitrogens is 1. The molecule has 0 saturated heterocycles. The summed E-state index contributed by atoms with van der Waals surface area (Å²) in [5.41, 5.74) is 21.3. The van der Waals surface area contributed by atoms with Gasteiger partial charge >= 0.3 is 0 Å². The van der Waals surface area contributed by atoms with Crippen LogP contribution in [0.3, 0.4) is 0 Å². The second-order valence-electron chi connectivity index (χ2n) is 16.8. The Labute approximate surface area is 367 Å². The van der Waals surface area contributed by atoms with Crippen molar-refractivity contribution in [1.29, 1.82) is 0 Å². The number of para-hydroxylation sites is 4. The average molecular weight is 801 g/mol. The Kier molecular flexibility index (Phi) is 7.85. The minimum Gasteiger partial charge on any atom is -0.309 e. The van der Waals surface area contributed by atoms with E-state index in [9.17, 15) is 0 Å². The van der Waals surface area contributed by atoms with Gasteiger partial charge in [0, 0.05) is 27.6 Å². The molecule has 0 amide bonds. The van der Waals surface area contributed by atoms with Gasteiger partial charge < -0.3 is 9.47 Å². The standard InChI is InChI=1S/C61H40N2/c1-3-19-41(20-4-1)42-35-37-44(38-36-42)47-24-10-16-32-57(47)62(56-31-15-9-23-46(56)43-21-5-2-6-22-43)45-39-51-50-27-11-17-33-58(50)63-59-34-18-14-30-54(59)61(55(40-45)60(51)63)52-28-12-7-25-48(52)49-26-8-13-29-53(49)61/h1-40H. The van der Waals surface area contributed by atoms with Gasteiger partial charge in [-0.15, -0.1) is 0 Å². The zero-order valence-corrected chi connectivity index (χ0v) is 34.5. The minimum atomic E-state index is -0.570. The number of fused-ring (bicyclic) bond motifs is 12. The van der Waals surface area contributed by atoms with Crippen LogP contribution in [-0.2, 0) is 5.41 Å². The average Bonchev–Trinajstić information content (AvgIpc) is 3.85. The summed E-state index contributed by atoms with van der Waals surface area (Å²) in [5, 5.41) is 2.48. The molecule has 11 aromatic rings. The zero-order chi connectivity index (χ0) is 41.5. The maximum atomic E-state index is 2.54. The van der Waals surface area contributed by atoms with Crippen LogP contribution in [0.25, 0.3) is 72.0 Å². The molecule has 0 atom stereocenters. The summed E-state index contributed by atoms with van der Waals surface area (Å²) in [4.78, 5) is 2.53. The predicted molar refractivity (Wildman–Crippen MR) is 263 cm³/mol. The van der Waals surface area contributed by atoms with Crippen LogP contribution in [0.2, 0.25) is 0 Å². The van der Waals surface area contributed by atoms with Crippen molar-refractivity contribution in [3.63, 3.8) is 0 Å². The fourth-order valence-electron chi connectivity index (χ4n) is 11.0. The molecule has 13 rings (SSSR count). The summed E-state index contributed by atoms with van der Waals surface area (Å²) in [7, 11) is 0. The van der Waals surface area contributed by atoms with Crippen molar-refractivity contribution in [2.75, 3.05) is 4.90 Å². The summed E-state index contributed by atoms with van der Waals surface area (Å²) in [5.74, 6) is 0. The fraction of sp³-hybridized carbons (Fsp3) is 0.0164. The van der Waals surface area contributed by atoms with Gasteiger partial charge in [-0.25, -0.2) is 0 Å². The van der Waals surface area contributed by atoms with Crippen molar-refractivity contribution in [2.45, 2.75) is 5.41 Å². The summed E-state index contributed by atoms with van der Waals surface area (Å²) < 4.78 is 2.54. The molecule has 2 heterocycles. The Hall–Kier alpha value is -8.20. The molecule has 294 valence electrons. The molecule has 1 aliphatic heterocycles. The van der Waals surface area contributed by atoms with E-state index in [1.165, 1.54) is 83.1 Å². The fourth-order valence-corrected chi connectivity index (χ4v) is 11.0. The third-order valence-electron chi connectivity index (χ3n) is 13.6. The molecule has 2 aliphatic rings. The first-order valence-electron chi connectivity index (χ1n) is 21.9. The second-order valence-corrected chi connectivity index (χ2v) is 16.8. The monoisotopic (exact) mass is 800 g/mol. The normalized spacial score (nSPS) is 12.9. The zero-order valence-electron chi connectivity index (χ0n) is 34.5. The van der Waals surface area contributed by atoms with Crippen LogP contribution in [0.4, 0.5) is 17.1 Å². The van der Waals surface area contributed by atoms with Gasteiger partial charge in [-0.1, -0.05) is 206 Å². The highest BCUT2D eigenvalue weighted by molar-refractivity contribution is 6.14. The molecule has 0 unspecified atom stereocenters. The molecule has 0 bridgehead atoms. The lowest BCUT2D eigenvalue weighted by Gasteiger charge is -2.40. The van der Waals surface area contributed by atoms with Gasteiger partial charge in [-0.3, -0.25) is 0 Å². The van der Waals surface area contributed by atoms with E-state index >= 15 is 0 Å². The summed E-state index contributed by atoms with van der Waals surface area (Å²) in [6.45, 7) is 0. The van der Waals surface area contributed by atoms with Crippen LogP contribution >= 0.6 is 0 Å². The van der Waals surface area contributed by atoms with Crippen LogP contribution < -0.4 is 4.90 Å². The molecule has 0 saturated carbocycles. The van der Waals surface area contributed by atoms with E-state index in [2.05, 4.69) is 252 Å². The van der Waals surface area contributed by atoms with E-state index in [0.717, 1.165) is 28.2 Å². The third kappa shape index (κ3) is 5.13. The van der Waals surface area contributed by atoms with Crippen LogP contribution in [0.15, 0.2) is 243 Å². The number of anilines is 3. The first-order valence-corrected chi connectivity index (χ1v) is 21.9. The molecule has 0 N–H and O–H groups in total. The first-order chi connectivity index (χ1) is 31.3. The van der Waals surface area contributed by atoms with Crippen molar-refractivity contribution in [3.8, 4) is 50.2 Å². The van der Waals surface area contributed by atoms with Crippen molar-refractivity contribution >= 4 is 38.9 Å². The molecular weight excluding hydrogens is 761 g/mol. The number of hydrogen-bond acceptors (Lipinski definition) is 1. The molecule has 10 aromatic carbocycles. The molecule has 1 aromatic heterocycles. The van der Waals surface area contributed by atoms with Crippen molar-refractivity contribution in [1.82, 2.24) is 4.57 Å². The lowest BCUT2D eigenvalue weighted by molar-refractivity contribution is 0.748. The Morgan fingerprint density at radius 3 is 1.43 bits per heavy atom. The van der Waals surface area contributed by atoms with Gasteiger partial charge in [0.15, 0.2) is 0 Å². The van der Waals surface area contributed by atoms with E-state index in [1.54, 1.807) is 0 Å². The van der Waals surface area contributed by atoms with Gasteiger partial charge in [-0.2, -0.15) is 0 Å². The first kappa shape index (κ1) is 35.5. The number of hydrogen-bond donors (Lipinski definition) is 0. The number of benzene rings is 10. The highest BCUT2D eigenvalue weighted by Gasteiger charge is 2.51. The maximum absolute atomic E-state index is 2.54. The summed E-state index contributed by atoms with van der Waals surface area (Å²) >= 11 is 0. The number of nitrogens with zero attached hydrogens (tertiary/aromatic N) is 2. The predicted octanol–water partition coefficient (Wildman–Crippen LogP) is 15.9. The Bertz CT molecular complexity index is 3520. The quantitative estimate of drug-likeness (QED) is 0.163. The van der Waals surface area contributed by atoms with Gasteiger partial charge in [0.25, 0.3) is 0 Å². The Balaban J connectivity index is 1.16. The van der Waals surface area contributed by atoms with E-state index in [0.29, 0.717) is 0 Å². The van der Waals surface area contributed by atoms with Gasteiger partial charge in [0.05, 0.1) is 33.5 Å². The topological polar surface area (TPSA) is 8.17 Å². The van der Waals surface area contributed by atoms with Crippen LogP contribution in [-0.4, -0.2) is 4.57 Å². The highest BCUT2D eigenvalue weighted by Crippen LogP contribution is 2.62. The lowest BCUT2D eigenvalue weighted by atomic mass is 9.65. The van der Waals surface area contributed by atoms with E-state index in [1.807, 2.05) is 0 Å². The van der Waals surface area contributed by atoms with E-state index in [-0.39, 0.29) is 0 Å². The van der Waals surface area contributed by atoms with E-state index < -0.39 is 5.41 Å². The second kappa shape index (κ2) is 13.9. The Morgan fingerprint density at radius 1 is 0.317 bits per heavy atom. The van der Waals surface area contributed by atoms with Gasteiger partial charge in [0.2, 0.25) is 0 Å². The molecule has 63 heavy (non-hydrogen) atoms. The molecule has 1 aliphatic carbocycles. The Morgan fingerprint density at radius 2 is 0.778 bits per heavy atom. The molecule has 2 heteroatoms. The molecular formula is C61H40N2. The lowest BCUT2D eigenvalue weighted by Crippen LogP contribution is -2.33. The van der Waals surface area contributed by atoms with Gasteiger partial charge in [0.1, 0.15) is 0 Å². The largest absolute Gasteiger partial charge is 0.309 e.